The summed E-state index contributed by atoms with van der Waals surface area (Å²) in [4.78, 5) is 15.1. The number of amides is 1. The fourth-order valence-corrected chi connectivity index (χ4v) is 4.06. The van der Waals surface area contributed by atoms with Crippen LogP contribution in [-0.4, -0.2) is 16.0 Å². The second kappa shape index (κ2) is 8.64. The van der Waals surface area contributed by atoms with Gasteiger partial charge in [0.1, 0.15) is 5.69 Å². The Hall–Kier alpha value is -2.88. The highest BCUT2D eigenvalue weighted by Crippen LogP contribution is 2.29. The van der Waals surface area contributed by atoms with Crippen LogP contribution in [0.3, 0.4) is 0 Å². The van der Waals surface area contributed by atoms with Gasteiger partial charge in [-0.1, -0.05) is 60.5 Å². The average Bonchev–Trinajstić information content (AvgIpc) is 3.42. The van der Waals surface area contributed by atoms with Gasteiger partial charge in [-0.15, -0.1) is 0 Å². The van der Waals surface area contributed by atoms with Crippen molar-refractivity contribution in [1.82, 2.24) is 10.1 Å². The number of carbonyl (C=O) groups is 1. The Morgan fingerprint density at radius 2 is 1.76 bits per heavy atom. The van der Waals surface area contributed by atoms with Crippen LogP contribution in [0.1, 0.15) is 48.1 Å². The summed E-state index contributed by atoms with van der Waals surface area (Å²) in [5.74, 6) is 1.13. The minimum Gasteiger partial charge on any atom is -0.356 e. The van der Waals surface area contributed by atoms with Crippen molar-refractivity contribution in [3.63, 3.8) is 0 Å². The monoisotopic (exact) mass is 388 g/mol. The molecule has 1 aromatic heterocycles. The van der Waals surface area contributed by atoms with E-state index in [1.807, 2.05) is 29.2 Å². The lowest BCUT2D eigenvalue weighted by atomic mass is 10.0. The molecule has 0 radical (unpaired) electrons. The normalized spacial score (nSPS) is 14.3. The summed E-state index contributed by atoms with van der Waals surface area (Å²) in [6, 6.07) is 18.4. The van der Waals surface area contributed by atoms with Crippen molar-refractivity contribution in [2.24, 2.45) is 5.92 Å². The maximum absolute atomic E-state index is 13.2. The Bertz CT molecular complexity index is 971. The highest BCUT2D eigenvalue weighted by molar-refractivity contribution is 5.79. The zero-order chi connectivity index (χ0) is 20.2. The summed E-state index contributed by atoms with van der Waals surface area (Å²) in [5.41, 5.74) is 5.42. The summed E-state index contributed by atoms with van der Waals surface area (Å²) in [7, 11) is 0. The zero-order valence-corrected chi connectivity index (χ0v) is 17.2. The Kier molecular flexibility index (Phi) is 5.79. The second-order valence-corrected chi connectivity index (χ2v) is 8.14. The molecule has 1 fully saturated rings. The maximum Gasteiger partial charge on any atom is 0.226 e. The molecule has 2 aromatic carbocycles. The number of aromatic nitrogens is 1. The van der Waals surface area contributed by atoms with Crippen LogP contribution in [-0.2, 0) is 17.9 Å². The van der Waals surface area contributed by atoms with Crippen molar-refractivity contribution in [3.8, 4) is 11.3 Å². The SMILES string of the molecule is Cc1ccc(-c2cc(CN(Cc3ccccc3)C(=O)C3CCCC3)no2)cc1C. The van der Waals surface area contributed by atoms with Crippen LogP contribution in [0, 0.1) is 19.8 Å². The van der Waals surface area contributed by atoms with E-state index in [0.717, 1.165) is 48.3 Å². The molecule has 150 valence electrons. The molecule has 0 spiro atoms. The highest BCUT2D eigenvalue weighted by Gasteiger charge is 2.28. The van der Waals surface area contributed by atoms with Gasteiger partial charge in [-0.25, -0.2) is 0 Å². The fraction of sp³-hybridized carbons (Fsp3) is 0.360. The summed E-state index contributed by atoms with van der Waals surface area (Å²) >= 11 is 0. The van der Waals surface area contributed by atoms with Crippen LogP contribution in [0.5, 0.6) is 0 Å². The molecular weight excluding hydrogens is 360 g/mol. The Labute approximate surface area is 172 Å². The Balaban J connectivity index is 1.54. The van der Waals surface area contributed by atoms with Gasteiger partial charge < -0.3 is 9.42 Å². The molecule has 0 aliphatic heterocycles. The maximum atomic E-state index is 13.2. The molecular formula is C25H28N2O2. The van der Waals surface area contributed by atoms with E-state index in [2.05, 4.69) is 49.3 Å². The van der Waals surface area contributed by atoms with Crippen LogP contribution < -0.4 is 0 Å². The number of hydrogen-bond acceptors (Lipinski definition) is 3. The van der Waals surface area contributed by atoms with E-state index in [1.54, 1.807) is 0 Å². The van der Waals surface area contributed by atoms with Crippen molar-refractivity contribution in [1.29, 1.82) is 0 Å². The van der Waals surface area contributed by atoms with Crippen molar-refractivity contribution in [2.45, 2.75) is 52.6 Å². The van der Waals surface area contributed by atoms with Crippen LogP contribution in [0.4, 0.5) is 0 Å². The first-order valence-electron chi connectivity index (χ1n) is 10.5. The molecule has 0 unspecified atom stereocenters. The van der Waals surface area contributed by atoms with E-state index >= 15 is 0 Å². The molecule has 4 heteroatoms. The van der Waals surface area contributed by atoms with Crippen molar-refractivity contribution >= 4 is 5.91 Å². The van der Waals surface area contributed by atoms with E-state index in [9.17, 15) is 4.79 Å². The average molecular weight is 389 g/mol. The number of hydrogen-bond donors (Lipinski definition) is 0. The van der Waals surface area contributed by atoms with Crippen LogP contribution in [0.25, 0.3) is 11.3 Å². The third kappa shape index (κ3) is 4.58. The summed E-state index contributed by atoms with van der Waals surface area (Å²) in [6.45, 7) is 5.26. The molecule has 29 heavy (non-hydrogen) atoms. The molecule has 1 aliphatic rings. The molecule has 0 atom stereocenters. The predicted molar refractivity (Wildman–Crippen MR) is 114 cm³/mol. The third-order valence-electron chi connectivity index (χ3n) is 5.94. The quantitative estimate of drug-likeness (QED) is 0.546. The number of benzene rings is 2. The molecule has 1 amide bonds. The lowest BCUT2D eigenvalue weighted by molar-refractivity contribution is -0.136. The van der Waals surface area contributed by atoms with E-state index in [0.29, 0.717) is 13.1 Å². The minimum absolute atomic E-state index is 0.143. The smallest absolute Gasteiger partial charge is 0.226 e. The number of nitrogens with zero attached hydrogens (tertiary/aromatic N) is 2. The fourth-order valence-electron chi connectivity index (χ4n) is 4.06. The predicted octanol–water partition coefficient (Wildman–Crippen LogP) is 5.68. The van der Waals surface area contributed by atoms with Gasteiger partial charge in [-0.05, 0) is 49.4 Å². The molecule has 0 saturated heterocycles. The van der Waals surface area contributed by atoms with E-state index in [1.165, 1.54) is 11.1 Å². The van der Waals surface area contributed by atoms with E-state index in [4.69, 9.17) is 4.52 Å². The van der Waals surface area contributed by atoms with Crippen LogP contribution in [0.15, 0.2) is 59.1 Å². The van der Waals surface area contributed by atoms with Gasteiger partial charge in [0.15, 0.2) is 5.76 Å². The molecule has 1 saturated carbocycles. The first kappa shape index (κ1) is 19.4. The first-order chi connectivity index (χ1) is 14.1. The van der Waals surface area contributed by atoms with Crippen molar-refractivity contribution in [3.05, 3.63) is 77.0 Å². The molecule has 1 heterocycles. The van der Waals surface area contributed by atoms with Crippen LogP contribution in [0.2, 0.25) is 0 Å². The summed E-state index contributed by atoms with van der Waals surface area (Å²) in [5, 5.41) is 4.27. The zero-order valence-electron chi connectivity index (χ0n) is 17.2. The van der Waals surface area contributed by atoms with Crippen molar-refractivity contribution < 1.29 is 9.32 Å². The molecule has 4 rings (SSSR count). The molecule has 3 aromatic rings. The lowest BCUT2D eigenvalue weighted by Gasteiger charge is -2.25. The number of rotatable bonds is 6. The van der Waals surface area contributed by atoms with Crippen LogP contribution >= 0.6 is 0 Å². The van der Waals surface area contributed by atoms with Gasteiger partial charge in [0, 0.05) is 24.1 Å². The van der Waals surface area contributed by atoms with Gasteiger partial charge in [-0.2, -0.15) is 0 Å². The second-order valence-electron chi connectivity index (χ2n) is 8.14. The standard InChI is InChI=1S/C25H28N2O2/c1-18-12-13-22(14-19(18)2)24-15-23(26-29-24)17-27(16-20-8-4-3-5-9-20)25(28)21-10-6-7-11-21/h3-5,8-9,12-15,21H,6-7,10-11,16-17H2,1-2H3. The largest absolute Gasteiger partial charge is 0.356 e. The highest BCUT2D eigenvalue weighted by atomic mass is 16.5. The third-order valence-corrected chi connectivity index (χ3v) is 5.94. The number of carbonyl (C=O) groups excluding carboxylic acids is 1. The minimum atomic E-state index is 0.143. The Morgan fingerprint density at radius 1 is 1.00 bits per heavy atom. The van der Waals surface area contributed by atoms with Gasteiger partial charge in [0.2, 0.25) is 5.91 Å². The summed E-state index contributed by atoms with van der Waals surface area (Å²) in [6.07, 6.45) is 4.29. The topological polar surface area (TPSA) is 46.3 Å². The van der Waals surface area contributed by atoms with E-state index in [-0.39, 0.29) is 11.8 Å². The van der Waals surface area contributed by atoms with Gasteiger partial charge in [0.25, 0.3) is 0 Å². The van der Waals surface area contributed by atoms with Gasteiger partial charge in [-0.3, -0.25) is 4.79 Å². The van der Waals surface area contributed by atoms with Crippen molar-refractivity contribution in [2.75, 3.05) is 0 Å². The molecule has 0 N–H and O–H groups in total. The first-order valence-corrected chi connectivity index (χ1v) is 10.5. The number of aryl methyl sites for hydroxylation is 2. The van der Waals surface area contributed by atoms with E-state index < -0.39 is 0 Å². The molecule has 0 bridgehead atoms. The van der Waals surface area contributed by atoms with Gasteiger partial charge in [0.05, 0.1) is 6.54 Å². The Morgan fingerprint density at radius 3 is 2.48 bits per heavy atom. The van der Waals surface area contributed by atoms with Gasteiger partial charge >= 0.3 is 0 Å². The summed E-state index contributed by atoms with van der Waals surface area (Å²) < 4.78 is 5.61. The molecule has 4 nitrogen and oxygen atoms in total. The molecule has 1 aliphatic carbocycles. The lowest BCUT2D eigenvalue weighted by Crippen LogP contribution is -2.34.